The summed E-state index contributed by atoms with van der Waals surface area (Å²) in [4.78, 5) is 11.5. The van der Waals surface area contributed by atoms with E-state index >= 15 is 0 Å². The molecule has 27 heavy (non-hydrogen) atoms. The summed E-state index contributed by atoms with van der Waals surface area (Å²) in [7, 11) is -4.40. The van der Waals surface area contributed by atoms with Crippen molar-refractivity contribution in [3.63, 3.8) is 0 Å². The predicted molar refractivity (Wildman–Crippen MR) is 95.3 cm³/mol. The molecule has 0 atom stereocenters. The summed E-state index contributed by atoms with van der Waals surface area (Å²) in [6.07, 6.45) is -2.93. The highest BCUT2D eigenvalue weighted by molar-refractivity contribution is 7.92. The van der Waals surface area contributed by atoms with Gasteiger partial charge in [-0.15, -0.1) is 11.3 Å². The van der Waals surface area contributed by atoms with Crippen LogP contribution in [-0.2, 0) is 29.0 Å². The molecule has 1 amide bonds. The van der Waals surface area contributed by atoms with Gasteiger partial charge in [-0.25, -0.2) is 13.1 Å². The zero-order valence-electron chi connectivity index (χ0n) is 13.6. The van der Waals surface area contributed by atoms with Crippen LogP contribution in [0.15, 0.2) is 46.7 Å². The Morgan fingerprint density at radius 2 is 1.70 bits per heavy atom. The largest absolute Gasteiger partial charge is 0.425 e. The number of aryl methyl sites for hydroxylation is 2. The van der Waals surface area contributed by atoms with Gasteiger partial charge in [0.05, 0.1) is 0 Å². The Bertz CT molecular complexity index is 1170. The first kappa shape index (κ1) is 18.0. The van der Waals surface area contributed by atoms with E-state index < -0.39 is 31.2 Å². The fourth-order valence-electron chi connectivity index (χ4n) is 3.29. The van der Waals surface area contributed by atoms with Gasteiger partial charge in [-0.1, -0.05) is 24.3 Å². The summed E-state index contributed by atoms with van der Waals surface area (Å²) in [5, 5.41) is 1.58. The maximum atomic E-state index is 12.7. The number of benzene rings is 2. The third-order valence-electron chi connectivity index (χ3n) is 4.47. The predicted octanol–water partition coefficient (Wildman–Crippen LogP) is 4.14. The minimum atomic E-state index is -4.64. The minimum Gasteiger partial charge on any atom is -0.268 e. The van der Waals surface area contributed by atoms with Crippen LogP contribution < -0.4 is 4.72 Å². The van der Waals surface area contributed by atoms with E-state index in [2.05, 4.69) is 0 Å². The highest BCUT2D eigenvalue weighted by atomic mass is 32.2. The molecular weight excluding hydrogens is 399 g/mol. The maximum absolute atomic E-state index is 12.7. The molecule has 0 bridgehead atoms. The van der Waals surface area contributed by atoms with Gasteiger partial charge in [0.15, 0.2) is 0 Å². The molecule has 0 fully saturated rings. The molecule has 4 nitrogen and oxygen atoms in total. The summed E-state index contributed by atoms with van der Waals surface area (Å²) >= 11 is 0.0748. The molecule has 1 aliphatic rings. The van der Waals surface area contributed by atoms with Gasteiger partial charge in [0.25, 0.3) is 15.9 Å². The van der Waals surface area contributed by atoms with Crippen LogP contribution in [0.1, 0.15) is 26.4 Å². The molecule has 4 rings (SSSR count). The van der Waals surface area contributed by atoms with Gasteiger partial charge in [0, 0.05) is 5.56 Å². The van der Waals surface area contributed by atoms with E-state index in [1.54, 1.807) is 24.3 Å². The Morgan fingerprint density at radius 1 is 1.00 bits per heavy atom. The fourth-order valence-corrected chi connectivity index (χ4v) is 5.43. The maximum Gasteiger partial charge on any atom is 0.425 e. The van der Waals surface area contributed by atoms with Gasteiger partial charge >= 0.3 is 6.18 Å². The molecule has 3 aromatic rings. The van der Waals surface area contributed by atoms with E-state index in [1.165, 1.54) is 0 Å². The summed E-state index contributed by atoms with van der Waals surface area (Å²) in [6, 6.07) is 10.4. The van der Waals surface area contributed by atoms with Crippen molar-refractivity contribution in [1.29, 1.82) is 0 Å². The van der Waals surface area contributed by atoms with Crippen LogP contribution in [0.5, 0.6) is 0 Å². The van der Waals surface area contributed by atoms with E-state index in [4.69, 9.17) is 0 Å². The number of halogens is 3. The lowest BCUT2D eigenvalue weighted by molar-refractivity contribution is -0.134. The molecule has 2 aromatic carbocycles. The monoisotopic (exact) mass is 411 g/mol. The Balaban J connectivity index is 1.69. The van der Waals surface area contributed by atoms with Crippen molar-refractivity contribution >= 4 is 38.0 Å². The Hall–Kier alpha value is -2.39. The highest BCUT2D eigenvalue weighted by Crippen LogP contribution is 2.36. The van der Waals surface area contributed by atoms with Gasteiger partial charge in [-0.3, -0.25) is 4.79 Å². The number of alkyl halides is 3. The number of hydrogen-bond donors (Lipinski definition) is 1. The first-order valence-corrected chi connectivity index (χ1v) is 10.2. The van der Waals surface area contributed by atoms with Crippen LogP contribution in [0.3, 0.4) is 0 Å². The van der Waals surface area contributed by atoms with E-state index in [0.717, 1.165) is 35.4 Å². The molecule has 0 spiro atoms. The van der Waals surface area contributed by atoms with Crippen LogP contribution in [-0.4, -0.2) is 14.3 Å². The first-order chi connectivity index (χ1) is 12.7. The van der Waals surface area contributed by atoms with Crippen molar-refractivity contribution in [1.82, 2.24) is 4.72 Å². The van der Waals surface area contributed by atoms with Gasteiger partial charge in [-0.2, -0.15) is 13.2 Å². The Kier molecular flexibility index (Phi) is 4.04. The van der Waals surface area contributed by atoms with Gasteiger partial charge in [-0.05, 0) is 52.9 Å². The number of hydrogen-bond acceptors (Lipinski definition) is 4. The van der Waals surface area contributed by atoms with Crippen molar-refractivity contribution in [2.75, 3.05) is 0 Å². The fraction of sp³-hybridized carbons (Fsp3) is 0.167. The molecule has 0 saturated carbocycles. The van der Waals surface area contributed by atoms with Crippen molar-refractivity contribution in [3.05, 3.63) is 64.0 Å². The average Bonchev–Trinajstić information content (AvgIpc) is 3.23. The summed E-state index contributed by atoms with van der Waals surface area (Å²) in [6.45, 7) is 0. The number of sulfonamides is 1. The molecule has 1 aliphatic carbocycles. The SMILES string of the molecule is O=C(NS(=O)(=O)c1ccc(C(F)(F)F)s1)c1ccc2c3c(cccc13)CC2. The quantitative estimate of drug-likeness (QED) is 0.705. The lowest BCUT2D eigenvalue weighted by Crippen LogP contribution is -2.30. The number of rotatable bonds is 3. The van der Waals surface area contributed by atoms with E-state index in [-0.39, 0.29) is 16.9 Å². The van der Waals surface area contributed by atoms with Crippen molar-refractivity contribution in [2.24, 2.45) is 0 Å². The lowest BCUT2D eigenvalue weighted by atomic mass is 10.00. The third-order valence-corrected chi connectivity index (χ3v) is 7.43. The number of carbonyl (C=O) groups excluding carboxylic acids is 1. The second kappa shape index (κ2) is 6.07. The molecule has 1 aromatic heterocycles. The number of amides is 1. The molecule has 0 radical (unpaired) electrons. The minimum absolute atomic E-state index is 0.0748. The average molecular weight is 411 g/mol. The van der Waals surface area contributed by atoms with E-state index in [1.807, 2.05) is 10.8 Å². The topological polar surface area (TPSA) is 63.2 Å². The third kappa shape index (κ3) is 3.10. The molecule has 0 saturated heterocycles. The normalized spacial score (nSPS) is 13.9. The number of carbonyl (C=O) groups is 1. The molecule has 9 heteroatoms. The highest BCUT2D eigenvalue weighted by Gasteiger charge is 2.34. The zero-order chi connectivity index (χ0) is 19.4. The molecular formula is C18H12F3NO3S2. The second-order valence-electron chi connectivity index (χ2n) is 6.16. The van der Waals surface area contributed by atoms with Gasteiger partial charge in [0.2, 0.25) is 0 Å². The van der Waals surface area contributed by atoms with Crippen LogP contribution in [0.25, 0.3) is 10.8 Å². The van der Waals surface area contributed by atoms with Crippen molar-refractivity contribution in [3.8, 4) is 0 Å². The smallest absolute Gasteiger partial charge is 0.268 e. The van der Waals surface area contributed by atoms with Crippen LogP contribution in [0.4, 0.5) is 13.2 Å². The Labute approximate surface area is 156 Å². The Morgan fingerprint density at radius 3 is 2.37 bits per heavy atom. The van der Waals surface area contributed by atoms with Gasteiger partial charge < -0.3 is 0 Å². The van der Waals surface area contributed by atoms with E-state index in [9.17, 15) is 26.4 Å². The van der Waals surface area contributed by atoms with Crippen LogP contribution in [0, 0.1) is 0 Å². The molecule has 1 N–H and O–H groups in total. The molecule has 1 heterocycles. The van der Waals surface area contributed by atoms with Crippen molar-refractivity contribution < 1.29 is 26.4 Å². The molecule has 0 aliphatic heterocycles. The second-order valence-corrected chi connectivity index (χ2v) is 9.16. The molecule has 140 valence electrons. The summed E-state index contributed by atoms with van der Waals surface area (Å²) in [5.41, 5.74) is 2.36. The van der Waals surface area contributed by atoms with Crippen molar-refractivity contribution in [2.45, 2.75) is 23.2 Å². The van der Waals surface area contributed by atoms with Crippen LogP contribution >= 0.6 is 11.3 Å². The van der Waals surface area contributed by atoms with Gasteiger partial charge in [0.1, 0.15) is 9.09 Å². The first-order valence-electron chi connectivity index (χ1n) is 7.94. The summed E-state index contributed by atoms with van der Waals surface area (Å²) in [5.74, 6) is -0.868. The lowest BCUT2D eigenvalue weighted by Gasteiger charge is -2.10. The zero-order valence-corrected chi connectivity index (χ0v) is 15.3. The standard InChI is InChI=1S/C18H12F3NO3S2/c19-18(20,21)14-8-9-15(26-14)27(24,25)22-17(23)13-7-6-11-5-4-10-2-1-3-12(13)16(10)11/h1-3,6-9H,4-5H2,(H,22,23). The molecule has 0 unspecified atom stereocenters. The number of nitrogens with one attached hydrogen (secondary N) is 1. The van der Waals surface area contributed by atoms with Crippen LogP contribution in [0.2, 0.25) is 0 Å². The summed E-state index contributed by atoms with van der Waals surface area (Å²) < 4.78 is 64.1. The number of thiophene rings is 1. The van der Waals surface area contributed by atoms with E-state index in [0.29, 0.717) is 11.5 Å².